The van der Waals surface area contributed by atoms with Crippen molar-refractivity contribution in [2.75, 3.05) is 0 Å². The Kier molecular flexibility index (Phi) is 3.69. The molecule has 0 radical (unpaired) electrons. The van der Waals surface area contributed by atoms with Gasteiger partial charge in [0.15, 0.2) is 0 Å². The molecule has 0 atom stereocenters. The summed E-state index contributed by atoms with van der Waals surface area (Å²) >= 11 is 0. The van der Waals surface area contributed by atoms with Gasteiger partial charge in [-0.1, -0.05) is 11.2 Å². The first-order chi connectivity index (χ1) is 11.0. The van der Waals surface area contributed by atoms with Gasteiger partial charge in [-0.25, -0.2) is 9.78 Å². The quantitative estimate of drug-likeness (QED) is 0.687. The van der Waals surface area contributed by atoms with Crippen molar-refractivity contribution in [2.45, 2.75) is 27.4 Å². The Hall–Kier alpha value is -2.96. The van der Waals surface area contributed by atoms with Gasteiger partial charge in [0, 0.05) is 12.3 Å². The molecule has 0 bridgehead atoms. The Labute approximate surface area is 131 Å². The van der Waals surface area contributed by atoms with E-state index in [-0.39, 0.29) is 12.2 Å². The third kappa shape index (κ3) is 2.73. The van der Waals surface area contributed by atoms with Crippen molar-refractivity contribution in [2.24, 2.45) is 0 Å². The van der Waals surface area contributed by atoms with Crippen LogP contribution in [0, 0.1) is 20.8 Å². The molecule has 0 saturated carbocycles. The fourth-order valence-corrected chi connectivity index (χ4v) is 2.37. The average Bonchev–Trinajstić information content (AvgIpc) is 2.85. The number of nitrogens with zero attached hydrogens (tertiary/aromatic N) is 3. The van der Waals surface area contributed by atoms with Gasteiger partial charge in [0.1, 0.15) is 23.6 Å². The lowest BCUT2D eigenvalue weighted by Gasteiger charge is -2.07. The SMILES string of the molecule is Cc1noc(C)c1C(=O)OCc1cc(=O)n2cccc(C)c2n1. The molecule has 0 aromatic carbocycles. The van der Waals surface area contributed by atoms with Gasteiger partial charge in [0.25, 0.3) is 5.56 Å². The molecule has 0 amide bonds. The summed E-state index contributed by atoms with van der Waals surface area (Å²) in [5.41, 5.74) is 2.35. The van der Waals surface area contributed by atoms with Crippen LogP contribution < -0.4 is 5.56 Å². The van der Waals surface area contributed by atoms with E-state index in [4.69, 9.17) is 9.26 Å². The summed E-state index contributed by atoms with van der Waals surface area (Å²) in [6, 6.07) is 5.00. The van der Waals surface area contributed by atoms with Crippen LogP contribution in [-0.4, -0.2) is 20.5 Å². The highest BCUT2D eigenvalue weighted by atomic mass is 16.5. The zero-order chi connectivity index (χ0) is 16.6. The van der Waals surface area contributed by atoms with Crippen LogP contribution in [0.3, 0.4) is 0 Å². The molecule has 0 aliphatic heterocycles. The van der Waals surface area contributed by atoms with Crippen LogP contribution in [0.1, 0.15) is 33.1 Å². The lowest BCUT2D eigenvalue weighted by Crippen LogP contribution is -2.17. The number of ether oxygens (including phenoxy) is 1. The van der Waals surface area contributed by atoms with Gasteiger partial charge >= 0.3 is 5.97 Å². The molecule has 0 fully saturated rings. The van der Waals surface area contributed by atoms with Crippen molar-refractivity contribution < 1.29 is 14.1 Å². The first-order valence-electron chi connectivity index (χ1n) is 7.05. The minimum atomic E-state index is -0.548. The van der Waals surface area contributed by atoms with E-state index < -0.39 is 5.97 Å². The van der Waals surface area contributed by atoms with Crippen LogP contribution in [0.4, 0.5) is 0 Å². The van der Waals surface area contributed by atoms with Crippen LogP contribution in [0.5, 0.6) is 0 Å². The number of carbonyl (C=O) groups excluding carboxylic acids is 1. The molecule has 3 aromatic rings. The highest BCUT2D eigenvalue weighted by Crippen LogP contribution is 2.14. The number of hydrogen-bond acceptors (Lipinski definition) is 6. The van der Waals surface area contributed by atoms with Gasteiger partial charge in [-0.15, -0.1) is 0 Å². The van der Waals surface area contributed by atoms with E-state index in [0.717, 1.165) is 5.56 Å². The molecule has 0 aliphatic rings. The molecule has 0 spiro atoms. The standard InChI is InChI=1S/C16H15N3O4/c1-9-5-4-6-19-13(20)7-12(17-15(9)19)8-22-16(21)14-10(2)18-23-11(14)3/h4-7H,8H2,1-3H3. The summed E-state index contributed by atoms with van der Waals surface area (Å²) in [5, 5.41) is 3.71. The molecular formula is C16H15N3O4. The summed E-state index contributed by atoms with van der Waals surface area (Å²) in [6.45, 7) is 5.07. The second kappa shape index (κ2) is 5.68. The third-order valence-corrected chi connectivity index (χ3v) is 3.53. The Balaban J connectivity index is 1.87. The normalized spacial score (nSPS) is 10.9. The van der Waals surface area contributed by atoms with Gasteiger partial charge in [0.2, 0.25) is 0 Å². The van der Waals surface area contributed by atoms with E-state index in [1.54, 1.807) is 26.1 Å². The van der Waals surface area contributed by atoms with E-state index in [9.17, 15) is 9.59 Å². The maximum atomic E-state index is 12.1. The molecule has 3 aromatic heterocycles. The van der Waals surface area contributed by atoms with Gasteiger partial charge < -0.3 is 9.26 Å². The molecule has 3 heterocycles. The number of esters is 1. The topological polar surface area (TPSA) is 86.7 Å². The molecule has 7 heteroatoms. The monoisotopic (exact) mass is 313 g/mol. The second-order valence-corrected chi connectivity index (χ2v) is 5.25. The Morgan fingerprint density at radius 1 is 1.35 bits per heavy atom. The zero-order valence-corrected chi connectivity index (χ0v) is 13.0. The predicted molar refractivity (Wildman–Crippen MR) is 81.3 cm³/mol. The van der Waals surface area contributed by atoms with E-state index in [1.807, 2.05) is 13.0 Å². The Bertz CT molecular complexity index is 936. The van der Waals surface area contributed by atoms with Crippen molar-refractivity contribution >= 4 is 11.6 Å². The first kappa shape index (κ1) is 15.0. The van der Waals surface area contributed by atoms with E-state index in [1.165, 1.54) is 10.5 Å². The molecule has 23 heavy (non-hydrogen) atoms. The van der Waals surface area contributed by atoms with Crippen molar-refractivity contribution in [3.05, 3.63) is 63.0 Å². The number of fused-ring (bicyclic) bond motifs is 1. The minimum Gasteiger partial charge on any atom is -0.455 e. The highest BCUT2D eigenvalue weighted by molar-refractivity contribution is 5.91. The predicted octanol–water partition coefficient (Wildman–Crippen LogP) is 1.96. The summed E-state index contributed by atoms with van der Waals surface area (Å²) in [6.07, 6.45) is 1.65. The van der Waals surface area contributed by atoms with Crippen LogP contribution in [-0.2, 0) is 11.3 Å². The number of pyridine rings is 1. The van der Waals surface area contributed by atoms with E-state index >= 15 is 0 Å². The van der Waals surface area contributed by atoms with Crippen LogP contribution in [0.2, 0.25) is 0 Å². The van der Waals surface area contributed by atoms with Crippen molar-refractivity contribution in [3.63, 3.8) is 0 Å². The smallest absolute Gasteiger partial charge is 0.344 e. The van der Waals surface area contributed by atoms with Crippen LogP contribution in [0.15, 0.2) is 33.7 Å². The van der Waals surface area contributed by atoms with E-state index in [2.05, 4.69) is 10.1 Å². The van der Waals surface area contributed by atoms with Gasteiger partial charge in [-0.3, -0.25) is 9.20 Å². The van der Waals surface area contributed by atoms with Gasteiger partial charge in [-0.2, -0.15) is 0 Å². The highest BCUT2D eigenvalue weighted by Gasteiger charge is 2.19. The molecule has 0 aliphatic carbocycles. The van der Waals surface area contributed by atoms with Crippen molar-refractivity contribution in [3.8, 4) is 0 Å². The fraction of sp³-hybridized carbons (Fsp3) is 0.250. The van der Waals surface area contributed by atoms with Gasteiger partial charge in [-0.05, 0) is 32.4 Å². The molecule has 0 saturated heterocycles. The average molecular weight is 313 g/mol. The maximum Gasteiger partial charge on any atom is 0.344 e. The zero-order valence-electron chi connectivity index (χ0n) is 13.0. The minimum absolute atomic E-state index is 0.0943. The molecule has 0 N–H and O–H groups in total. The van der Waals surface area contributed by atoms with Gasteiger partial charge in [0.05, 0.1) is 11.4 Å². The Morgan fingerprint density at radius 2 is 2.13 bits per heavy atom. The molecular weight excluding hydrogens is 298 g/mol. The largest absolute Gasteiger partial charge is 0.455 e. The van der Waals surface area contributed by atoms with Crippen molar-refractivity contribution in [1.82, 2.24) is 14.5 Å². The number of rotatable bonds is 3. The number of aromatic nitrogens is 3. The van der Waals surface area contributed by atoms with Crippen LogP contribution >= 0.6 is 0 Å². The maximum absolute atomic E-state index is 12.1. The first-order valence-corrected chi connectivity index (χ1v) is 7.05. The summed E-state index contributed by atoms with van der Waals surface area (Å²) in [5.74, 6) is -0.150. The van der Waals surface area contributed by atoms with Crippen LogP contribution in [0.25, 0.3) is 5.65 Å². The lowest BCUT2D eigenvalue weighted by molar-refractivity contribution is 0.0465. The summed E-state index contributed by atoms with van der Waals surface area (Å²) < 4.78 is 11.6. The lowest BCUT2D eigenvalue weighted by atomic mass is 10.2. The second-order valence-electron chi connectivity index (χ2n) is 5.25. The molecule has 0 unspecified atom stereocenters. The molecule has 7 nitrogen and oxygen atoms in total. The third-order valence-electron chi connectivity index (χ3n) is 3.53. The fourth-order valence-electron chi connectivity index (χ4n) is 2.37. The van der Waals surface area contributed by atoms with E-state index in [0.29, 0.717) is 28.4 Å². The molecule has 3 rings (SSSR count). The summed E-state index contributed by atoms with van der Waals surface area (Å²) in [7, 11) is 0. The molecule has 118 valence electrons. The Morgan fingerprint density at radius 3 is 2.83 bits per heavy atom. The number of hydrogen-bond donors (Lipinski definition) is 0. The number of aryl methyl sites for hydroxylation is 3. The summed E-state index contributed by atoms with van der Waals surface area (Å²) in [4.78, 5) is 28.6. The van der Waals surface area contributed by atoms with Crippen molar-refractivity contribution in [1.29, 1.82) is 0 Å². The number of carbonyl (C=O) groups is 1.